The predicted molar refractivity (Wildman–Crippen MR) is 226 cm³/mol. The molecule has 61 heavy (non-hydrogen) atoms. The van der Waals surface area contributed by atoms with E-state index in [1.54, 1.807) is 15.3 Å². The van der Waals surface area contributed by atoms with E-state index < -0.39 is 11.9 Å². The maximum atomic E-state index is 15.9. The number of imide groups is 1. The first-order chi connectivity index (χ1) is 29.3. The van der Waals surface area contributed by atoms with E-state index in [1.165, 1.54) is 16.8 Å². The molecule has 4 amide bonds. The highest BCUT2D eigenvalue weighted by atomic mass is 19.1. The summed E-state index contributed by atoms with van der Waals surface area (Å²) in [5.41, 5.74) is 8.11. The van der Waals surface area contributed by atoms with Crippen LogP contribution >= 0.6 is 0 Å². The van der Waals surface area contributed by atoms with Gasteiger partial charge in [0.25, 0.3) is 11.7 Å². The quantitative estimate of drug-likeness (QED) is 0.157. The lowest BCUT2D eigenvalue weighted by molar-refractivity contribution is -0.120. The van der Waals surface area contributed by atoms with Crippen molar-refractivity contribution >= 4 is 40.1 Å². The van der Waals surface area contributed by atoms with Gasteiger partial charge in [0.15, 0.2) is 5.82 Å². The number of halogens is 1. The van der Waals surface area contributed by atoms with Gasteiger partial charge in [0.05, 0.1) is 16.7 Å². The largest absolute Gasteiger partial charge is 0.345 e. The third kappa shape index (κ3) is 7.86. The Bertz CT molecular complexity index is 2850. The highest BCUT2D eigenvalue weighted by molar-refractivity contribution is 6.08. The van der Waals surface area contributed by atoms with Gasteiger partial charge in [-0.1, -0.05) is 56.3 Å². The number of piperidine rings is 1. The average molecular weight is 824 g/mol. The Morgan fingerprint density at radius 2 is 1.80 bits per heavy atom. The van der Waals surface area contributed by atoms with Gasteiger partial charge in [0, 0.05) is 66.8 Å². The number of rotatable bonds is 9. The Balaban J connectivity index is 0.836. The van der Waals surface area contributed by atoms with Crippen molar-refractivity contribution in [2.75, 3.05) is 24.5 Å². The summed E-state index contributed by atoms with van der Waals surface area (Å²) in [5, 5.41) is 19.0. The Kier molecular flexibility index (Phi) is 10.2. The number of benzene rings is 3. The Hall–Kier alpha value is -6.81. The van der Waals surface area contributed by atoms with Crippen LogP contribution in [0.1, 0.15) is 84.7 Å². The van der Waals surface area contributed by atoms with Gasteiger partial charge < -0.3 is 9.84 Å². The van der Waals surface area contributed by atoms with Crippen LogP contribution in [0.3, 0.4) is 0 Å². The number of aryl methyl sites for hydroxylation is 2. The predicted octanol–water partition coefficient (Wildman–Crippen LogP) is 6.83. The van der Waals surface area contributed by atoms with Gasteiger partial charge >= 0.3 is 6.03 Å². The van der Waals surface area contributed by atoms with Crippen molar-refractivity contribution in [3.8, 4) is 22.4 Å². The van der Waals surface area contributed by atoms with Gasteiger partial charge in [-0.25, -0.2) is 18.7 Å². The van der Waals surface area contributed by atoms with Crippen LogP contribution in [0.25, 0.3) is 38.8 Å². The molecule has 2 fully saturated rings. The zero-order valence-electron chi connectivity index (χ0n) is 34.7. The normalized spacial score (nSPS) is 15.5. The monoisotopic (exact) mass is 823 g/mol. The molecule has 0 radical (unpaired) electrons. The molecule has 16 heteroatoms. The SMILES string of the molecule is Cc1cc(-c2ncnn3cc(-c4ccc(CN5CCC(c6ccc7c(N8CCC(=O)NC8=O)nn(C)c7c6)CC5)cc4F)cc23)ccc1CNC(=O)c1noc(C(C)(C)C)n1. The molecule has 0 unspecified atom stereocenters. The number of anilines is 1. The molecule has 15 nitrogen and oxygen atoms in total. The van der Waals surface area contributed by atoms with Crippen LogP contribution in [0.4, 0.5) is 15.0 Å². The second kappa shape index (κ2) is 15.7. The molecule has 2 aliphatic rings. The van der Waals surface area contributed by atoms with Crippen LogP contribution in [0.5, 0.6) is 0 Å². The van der Waals surface area contributed by atoms with E-state index in [0.717, 1.165) is 64.6 Å². The number of nitrogens with one attached hydrogen (secondary N) is 2. The van der Waals surface area contributed by atoms with Gasteiger partial charge in [0.1, 0.15) is 12.1 Å². The second-order valence-corrected chi connectivity index (χ2v) is 17.0. The standard InChI is InChI=1S/C45H46FN11O4/c1-26-18-30(7-8-31(26)22-47-42(59)40-51-43(61-53-40)45(2,3)4)39-37-21-32(24-57(37)49-25-48-39)33-10-6-27(19-35(33)46)23-55-15-12-28(13-16-55)29-9-11-34-36(20-29)54(5)52-41(34)56-17-14-38(58)50-44(56)60/h6-11,18-21,24-25,28H,12-17,22-23H2,1-5H3,(H,47,59)(H,50,58,60). The third-order valence-corrected chi connectivity index (χ3v) is 11.7. The van der Waals surface area contributed by atoms with E-state index in [9.17, 15) is 14.4 Å². The van der Waals surface area contributed by atoms with Crippen molar-refractivity contribution in [2.24, 2.45) is 7.05 Å². The van der Waals surface area contributed by atoms with Gasteiger partial charge in [-0.15, -0.1) is 0 Å². The lowest BCUT2D eigenvalue weighted by Crippen LogP contribution is -2.49. The summed E-state index contributed by atoms with van der Waals surface area (Å²) in [6, 6.07) is 19.2. The maximum Gasteiger partial charge on any atom is 0.329 e. The fourth-order valence-corrected chi connectivity index (χ4v) is 8.26. The molecule has 0 bridgehead atoms. The highest BCUT2D eigenvalue weighted by Gasteiger charge is 2.29. The molecular weight excluding hydrogens is 778 g/mol. The molecule has 6 heterocycles. The maximum absolute atomic E-state index is 15.9. The Morgan fingerprint density at radius 1 is 0.984 bits per heavy atom. The molecule has 312 valence electrons. The molecule has 0 aliphatic carbocycles. The van der Waals surface area contributed by atoms with Crippen molar-refractivity contribution in [1.82, 2.24) is 50.1 Å². The second-order valence-electron chi connectivity index (χ2n) is 17.0. The topological polar surface area (TPSA) is 169 Å². The number of aromatic nitrogens is 7. The number of likely N-dealkylation sites (tertiary alicyclic amines) is 1. The smallest absolute Gasteiger partial charge is 0.329 e. The zero-order valence-corrected chi connectivity index (χ0v) is 34.7. The first-order valence-electron chi connectivity index (χ1n) is 20.4. The molecule has 2 aliphatic heterocycles. The lowest BCUT2D eigenvalue weighted by atomic mass is 9.88. The number of amides is 4. The minimum Gasteiger partial charge on any atom is -0.345 e. The molecule has 3 aromatic carbocycles. The number of nitrogens with zero attached hydrogens (tertiary/aromatic N) is 9. The van der Waals surface area contributed by atoms with E-state index in [0.29, 0.717) is 47.5 Å². The van der Waals surface area contributed by atoms with E-state index in [1.807, 2.05) is 83.4 Å². The Labute approximate surface area is 350 Å². The molecule has 0 atom stereocenters. The van der Waals surface area contributed by atoms with Gasteiger partial charge in [0.2, 0.25) is 11.8 Å². The summed E-state index contributed by atoms with van der Waals surface area (Å²) < 4.78 is 24.7. The highest BCUT2D eigenvalue weighted by Crippen LogP contribution is 2.35. The summed E-state index contributed by atoms with van der Waals surface area (Å²) in [6.45, 7) is 10.8. The van der Waals surface area contributed by atoms with Crippen LogP contribution in [0, 0.1) is 12.7 Å². The molecule has 4 aromatic heterocycles. The van der Waals surface area contributed by atoms with Crippen LogP contribution in [0.15, 0.2) is 77.7 Å². The fraction of sp³-hybridized carbons (Fsp3) is 0.333. The van der Waals surface area contributed by atoms with Crippen LogP contribution in [-0.4, -0.2) is 76.9 Å². The molecular formula is C45H46FN11O4. The average Bonchev–Trinajstić information content (AvgIpc) is 3.99. The first kappa shape index (κ1) is 39.6. The van der Waals surface area contributed by atoms with E-state index in [4.69, 9.17) is 4.52 Å². The Morgan fingerprint density at radius 3 is 2.54 bits per heavy atom. The van der Waals surface area contributed by atoms with E-state index in [-0.39, 0.29) is 35.9 Å². The summed E-state index contributed by atoms with van der Waals surface area (Å²) in [5.74, 6) is 0.332. The van der Waals surface area contributed by atoms with Crippen molar-refractivity contribution in [2.45, 2.75) is 71.4 Å². The van der Waals surface area contributed by atoms with Crippen molar-refractivity contribution in [3.05, 3.63) is 113 Å². The number of fused-ring (bicyclic) bond motifs is 2. The van der Waals surface area contributed by atoms with Crippen molar-refractivity contribution in [3.63, 3.8) is 0 Å². The van der Waals surface area contributed by atoms with Crippen LogP contribution in [-0.2, 0) is 30.3 Å². The number of carbonyl (C=O) groups is 3. The van der Waals surface area contributed by atoms with Crippen LogP contribution < -0.4 is 15.5 Å². The van der Waals surface area contributed by atoms with E-state index >= 15 is 4.39 Å². The number of urea groups is 1. The fourth-order valence-electron chi connectivity index (χ4n) is 8.26. The van der Waals surface area contributed by atoms with E-state index in [2.05, 4.69) is 53.0 Å². The lowest BCUT2D eigenvalue weighted by Gasteiger charge is -2.32. The molecule has 9 rings (SSSR count). The van der Waals surface area contributed by atoms with Crippen molar-refractivity contribution in [1.29, 1.82) is 0 Å². The molecule has 7 aromatic rings. The number of hydrogen-bond acceptors (Lipinski definition) is 10. The number of carbonyl (C=O) groups excluding carboxylic acids is 3. The third-order valence-electron chi connectivity index (χ3n) is 11.7. The summed E-state index contributed by atoms with van der Waals surface area (Å²) in [7, 11) is 1.87. The molecule has 0 spiro atoms. The van der Waals surface area contributed by atoms with Gasteiger partial charge in [-0.05, 0) is 91.4 Å². The summed E-state index contributed by atoms with van der Waals surface area (Å²) in [4.78, 5) is 49.7. The van der Waals surface area contributed by atoms with Gasteiger partial charge in [-0.2, -0.15) is 15.2 Å². The zero-order chi connectivity index (χ0) is 42.6. The minimum atomic E-state index is -0.445. The number of hydrogen-bond donors (Lipinski definition) is 2. The summed E-state index contributed by atoms with van der Waals surface area (Å²) >= 11 is 0. The van der Waals surface area contributed by atoms with Gasteiger partial charge in [-0.3, -0.25) is 29.4 Å². The first-order valence-corrected chi connectivity index (χ1v) is 20.4. The molecule has 0 saturated carbocycles. The minimum absolute atomic E-state index is 0.00379. The van der Waals surface area contributed by atoms with Crippen molar-refractivity contribution < 1.29 is 23.3 Å². The molecule has 2 N–H and O–H groups in total. The molecule has 2 saturated heterocycles. The van der Waals surface area contributed by atoms with Crippen LogP contribution in [0.2, 0.25) is 0 Å². The summed E-state index contributed by atoms with van der Waals surface area (Å²) in [6.07, 6.45) is 5.48.